The molecule has 0 spiro atoms. The maximum Gasteiger partial charge on any atom is 0.312 e. The van der Waals surface area contributed by atoms with E-state index in [0.29, 0.717) is 17.9 Å². The summed E-state index contributed by atoms with van der Waals surface area (Å²) in [5, 5.41) is 9.15. The zero-order valence-electron chi connectivity index (χ0n) is 10.5. The second-order valence-corrected chi connectivity index (χ2v) is 4.61. The molecule has 0 saturated heterocycles. The number of aryl methyl sites for hydroxylation is 1. The number of benzene rings is 1. The normalized spacial score (nSPS) is 17.2. The molecule has 2 aromatic rings. The van der Waals surface area contributed by atoms with Crippen molar-refractivity contribution in [2.24, 2.45) is 0 Å². The van der Waals surface area contributed by atoms with Crippen molar-refractivity contribution in [1.82, 2.24) is 9.97 Å². The number of aromatic nitrogens is 2. The Balaban J connectivity index is 1.99. The molecule has 0 fully saturated rings. The number of nitrogens with zero attached hydrogens (tertiary/aromatic N) is 1. The summed E-state index contributed by atoms with van der Waals surface area (Å²) in [6, 6.07) is 7.55. The summed E-state index contributed by atoms with van der Waals surface area (Å²) >= 11 is 0. The van der Waals surface area contributed by atoms with Crippen LogP contribution in [0, 0.1) is 0 Å². The van der Waals surface area contributed by atoms with E-state index in [1.165, 1.54) is 0 Å². The molecule has 1 aromatic carbocycles. The maximum atomic E-state index is 11.1. The van der Waals surface area contributed by atoms with Crippen LogP contribution in [-0.4, -0.2) is 28.2 Å². The van der Waals surface area contributed by atoms with Gasteiger partial charge < -0.3 is 14.8 Å². The molecule has 98 valence electrons. The van der Waals surface area contributed by atoms with Crippen LogP contribution in [0.25, 0.3) is 11.4 Å². The Labute approximate surface area is 110 Å². The summed E-state index contributed by atoms with van der Waals surface area (Å²) in [6.07, 6.45) is 1.37. The molecule has 1 aliphatic rings. The highest BCUT2D eigenvalue weighted by Gasteiger charge is 2.32. The summed E-state index contributed by atoms with van der Waals surface area (Å²) < 4.78 is 5.18. The minimum atomic E-state index is -0.803. The van der Waals surface area contributed by atoms with E-state index in [-0.39, 0.29) is 0 Å². The van der Waals surface area contributed by atoms with Crippen molar-refractivity contribution in [2.75, 3.05) is 7.11 Å². The molecule has 0 bridgehead atoms. The van der Waals surface area contributed by atoms with E-state index in [4.69, 9.17) is 9.84 Å². The molecule has 0 aliphatic heterocycles. The number of imidazole rings is 1. The van der Waals surface area contributed by atoms with Crippen LogP contribution in [0.5, 0.6) is 5.75 Å². The number of aliphatic carboxylic acids is 1. The molecule has 0 radical (unpaired) electrons. The van der Waals surface area contributed by atoms with Crippen LogP contribution < -0.4 is 4.74 Å². The number of rotatable bonds is 3. The van der Waals surface area contributed by atoms with Gasteiger partial charge in [-0.05, 0) is 25.0 Å². The number of carboxylic acid groups (broad SMARTS) is 1. The minimum Gasteiger partial charge on any atom is -0.497 e. The van der Waals surface area contributed by atoms with Gasteiger partial charge in [0.25, 0.3) is 0 Å². The van der Waals surface area contributed by atoms with Gasteiger partial charge in [0, 0.05) is 11.3 Å². The molecule has 1 aromatic heterocycles. The smallest absolute Gasteiger partial charge is 0.312 e. The zero-order valence-corrected chi connectivity index (χ0v) is 10.5. The first-order valence-corrected chi connectivity index (χ1v) is 6.15. The van der Waals surface area contributed by atoms with Crippen molar-refractivity contribution >= 4 is 5.97 Å². The van der Waals surface area contributed by atoms with Gasteiger partial charge in [0.2, 0.25) is 0 Å². The van der Waals surface area contributed by atoms with E-state index in [1.807, 2.05) is 24.3 Å². The first-order valence-electron chi connectivity index (χ1n) is 6.15. The largest absolute Gasteiger partial charge is 0.497 e. The predicted molar refractivity (Wildman–Crippen MR) is 69.3 cm³/mol. The molecule has 5 heteroatoms. The van der Waals surface area contributed by atoms with Gasteiger partial charge >= 0.3 is 5.97 Å². The summed E-state index contributed by atoms with van der Waals surface area (Å²) in [7, 11) is 1.61. The minimum absolute atomic E-state index is 0.481. The summed E-state index contributed by atoms with van der Waals surface area (Å²) in [6.45, 7) is 0. The monoisotopic (exact) mass is 258 g/mol. The van der Waals surface area contributed by atoms with Crippen LogP contribution in [0.4, 0.5) is 0 Å². The topological polar surface area (TPSA) is 75.2 Å². The van der Waals surface area contributed by atoms with Gasteiger partial charge in [-0.25, -0.2) is 4.98 Å². The van der Waals surface area contributed by atoms with Gasteiger partial charge in [-0.2, -0.15) is 0 Å². The van der Waals surface area contributed by atoms with E-state index >= 15 is 0 Å². The molecular weight excluding hydrogens is 244 g/mol. The average molecular weight is 258 g/mol. The number of H-pyrrole nitrogens is 1. The Kier molecular flexibility index (Phi) is 2.74. The fourth-order valence-corrected chi connectivity index (χ4v) is 2.47. The first-order chi connectivity index (χ1) is 9.19. The third-order valence-electron chi connectivity index (χ3n) is 3.47. The van der Waals surface area contributed by atoms with Crippen LogP contribution in [0.2, 0.25) is 0 Å². The number of carboxylic acids is 1. The van der Waals surface area contributed by atoms with Crippen molar-refractivity contribution in [1.29, 1.82) is 0 Å². The molecule has 1 unspecified atom stereocenters. The number of hydrogen-bond acceptors (Lipinski definition) is 3. The molecule has 1 heterocycles. The third kappa shape index (κ3) is 1.97. The highest BCUT2D eigenvalue weighted by molar-refractivity contribution is 5.77. The van der Waals surface area contributed by atoms with Crippen molar-refractivity contribution in [2.45, 2.75) is 18.8 Å². The van der Waals surface area contributed by atoms with E-state index in [2.05, 4.69) is 9.97 Å². The number of carbonyl (C=O) groups is 1. The van der Waals surface area contributed by atoms with E-state index in [1.54, 1.807) is 7.11 Å². The fourth-order valence-electron chi connectivity index (χ4n) is 2.47. The SMILES string of the molecule is COc1cccc(-c2nc3c([nH]2)CCC3C(=O)O)c1. The molecule has 0 amide bonds. The van der Waals surface area contributed by atoms with Gasteiger partial charge in [-0.3, -0.25) is 4.79 Å². The van der Waals surface area contributed by atoms with Gasteiger partial charge in [-0.15, -0.1) is 0 Å². The lowest BCUT2D eigenvalue weighted by Crippen LogP contribution is -2.08. The number of hydrogen-bond donors (Lipinski definition) is 2. The van der Waals surface area contributed by atoms with Crippen molar-refractivity contribution in [3.8, 4) is 17.1 Å². The second kappa shape index (κ2) is 4.42. The van der Waals surface area contributed by atoms with E-state index < -0.39 is 11.9 Å². The quantitative estimate of drug-likeness (QED) is 0.885. The molecule has 1 aliphatic carbocycles. The molecule has 3 rings (SSSR count). The van der Waals surface area contributed by atoms with Crippen LogP contribution in [0.3, 0.4) is 0 Å². The standard InChI is InChI=1S/C14H14N2O3/c1-19-9-4-2-3-8(7-9)13-15-11-6-5-10(14(17)18)12(11)16-13/h2-4,7,10H,5-6H2,1H3,(H,15,16)(H,17,18). The fraction of sp³-hybridized carbons (Fsp3) is 0.286. The third-order valence-corrected chi connectivity index (χ3v) is 3.47. The van der Waals surface area contributed by atoms with Gasteiger partial charge in [0.05, 0.1) is 12.8 Å². The lowest BCUT2D eigenvalue weighted by molar-refractivity contribution is -0.138. The Morgan fingerprint density at radius 2 is 2.37 bits per heavy atom. The van der Waals surface area contributed by atoms with Gasteiger partial charge in [0.1, 0.15) is 17.5 Å². The summed E-state index contributed by atoms with van der Waals surface area (Å²) in [5.41, 5.74) is 2.51. The predicted octanol–water partition coefficient (Wildman–Crippen LogP) is 2.20. The van der Waals surface area contributed by atoms with Crippen molar-refractivity contribution < 1.29 is 14.6 Å². The second-order valence-electron chi connectivity index (χ2n) is 4.61. The van der Waals surface area contributed by atoms with Gasteiger partial charge in [0.15, 0.2) is 0 Å². The van der Waals surface area contributed by atoms with E-state index in [0.717, 1.165) is 23.4 Å². The lowest BCUT2D eigenvalue weighted by atomic mass is 10.1. The summed E-state index contributed by atoms with van der Waals surface area (Å²) in [5.74, 6) is 0.173. The Bertz CT molecular complexity index is 633. The number of aromatic amines is 1. The van der Waals surface area contributed by atoms with Crippen LogP contribution >= 0.6 is 0 Å². The lowest BCUT2D eigenvalue weighted by Gasteiger charge is -2.03. The summed E-state index contributed by atoms with van der Waals surface area (Å²) in [4.78, 5) is 18.8. The van der Waals surface area contributed by atoms with Gasteiger partial charge in [-0.1, -0.05) is 12.1 Å². The van der Waals surface area contributed by atoms with Crippen LogP contribution in [0.15, 0.2) is 24.3 Å². The first kappa shape index (κ1) is 11.8. The Morgan fingerprint density at radius 1 is 1.53 bits per heavy atom. The van der Waals surface area contributed by atoms with Crippen molar-refractivity contribution in [3.63, 3.8) is 0 Å². The number of fused-ring (bicyclic) bond motifs is 1. The average Bonchev–Trinajstić information content (AvgIpc) is 2.98. The zero-order chi connectivity index (χ0) is 13.4. The number of nitrogens with one attached hydrogen (secondary N) is 1. The van der Waals surface area contributed by atoms with E-state index in [9.17, 15) is 4.79 Å². The highest BCUT2D eigenvalue weighted by Crippen LogP contribution is 2.34. The van der Waals surface area contributed by atoms with Crippen molar-refractivity contribution in [3.05, 3.63) is 35.7 Å². The van der Waals surface area contributed by atoms with Crippen LogP contribution in [-0.2, 0) is 11.2 Å². The Morgan fingerprint density at radius 3 is 3.11 bits per heavy atom. The molecule has 0 saturated carbocycles. The number of methoxy groups -OCH3 is 1. The Hall–Kier alpha value is -2.30. The molecule has 1 atom stereocenters. The molecule has 5 nitrogen and oxygen atoms in total. The molecule has 19 heavy (non-hydrogen) atoms. The van der Waals surface area contributed by atoms with Crippen LogP contribution in [0.1, 0.15) is 23.7 Å². The molecular formula is C14H14N2O3. The highest BCUT2D eigenvalue weighted by atomic mass is 16.5. The number of ether oxygens (including phenoxy) is 1. The maximum absolute atomic E-state index is 11.1. The molecule has 2 N–H and O–H groups in total.